The van der Waals surface area contributed by atoms with Crippen LogP contribution in [-0.2, 0) is 15.7 Å². The molecule has 0 bridgehead atoms. The molecule has 3 rings (SSSR count). The number of rotatable bonds is 3. The third-order valence-corrected chi connectivity index (χ3v) is 5.56. The van der Waals surface area contributed by atoms with E-state index in [-0.39, 0.29) is 29.1 Å². The summed E-state index contributed by atoms with van der Waals surface area (Å²) in [6.07, 6.45) is -4.21. The van der Waals surface area contributed by atoms with Gasteiger partial charge in [0.1, 0.15) is 5.70 Å². The van der Waals surface area contributed by atoms with Gasteiger partial charge >= 0.3 is 12.3 Å². The zero-order valence-corrected chi connectivity index (χ0v) is 17.4. The molecule has 0 aromatic heterocycles. The molecule has 2 amide bonds. The minimum Gasteiger partial charge on any atom is -0.450 e. The Morgan fingerprint density at radius 2 is 2.00 bits per heavy atom. The minimum absolute atomic E-state index is 0.0161. The standard InChI is InChI=1S/C20H19F3N4O3S/c1-3-30-19(29)25-8-6-14(7-9-25)26-12(2)17(28)27(18(26)31)15-5-4-13(11-24)16(10-15)20(21,22)23/h4-5,10,14H,2-3,6-9H2,1H3. The van der Waals surface area contributed by atoms with Gasteiger partial charge in [-0.25, -0.2) is 4.79 Å². The molecule has 11 heteroatoms. The molecule has 31 heavy (non-hydrogen) atoms. The van der Waals surface area contributed by atoms with E-state index >= 15 is 0 Å². The number of anilines is 1. The lowest BCUT2D eigenvalue weighted by atomic mass is 10.0. The molecule has 0 unspecified atom stereocenters. The molecule has 1 aromatic rings. The van der Waals surface area contributed by atoms with Crippen LogP contribution in [0.2, 0.25) is 0 Å². The number of nitrogens with zero attached hydrogens (tertiary/aromatic N) is 4. The topological polar surface area (TPSA) is 76.9 Å². The summed E-state index contributed by atoms with van der Waals surface area (Å²) in [5.41, 5.74) is -1.72. The van der Waals surface area contributed by atoms with Crippen molar-refractivity contribution in [1.82, 2.24) is 9.80 Å². The third-order valence-electron chi connectivity index (χ3n) is 5.18. The Labute approximate surface area is 182 Å². The fourth-order valence-electron chi connectivity index (χ4n) is 3.67. The monoisotopic (exact) mass is 452 g/mol. The smallest absolute Gasteiger partial charge is 0.417 e. The largest absolute Gasteiger partial charge is 0.450 e. The number of amides is 2. The summed E-state index contributed by atoms with van der Waals surface area (Å²) >= 11 is 5.42. The summed E-state index contributed by atoms with van der Waals surface area (Å²) in [4.78, 5) is 28.8. The number of hydrogen-bond donors (Lipinski definition) is 0. The number of piperidine rings is 1. The number of nitriles is 1. The first-order valence-corrected chi connectivity index (χ1v) is 9.90. The predicted molar refractivity (Wildman–Crippen MR) is 109 cm³/mol. The van der Waals surface area contributed by atoms with E-state index in [0.717, 1.165) is 17.0 Å². The first-order valence-electron chi connectivity index (χ1n) is 9.49. The maximum atomic E-state index is 13.3. The fourth-order valence-corrected chi connectivity index (χ4v) is 4.12. The molecule has 0 radical (unpaired) electrons. The van der Waals surface area contributed by atoms with E-state index < -0.39 is 29.3 Å². The van der Waals surface area contributed by atoms with Crippen LogP contribution in [0.1, 0.15) is 30.9 Å². The van der Waals surface area contributed by atoms with Crippen LogP contribution in [0.3, 0.4) is 0 Å². The molecule has 2 fully saturated rings. The summed E-state index contributed by atoms with van der Waals surface area (Å²) in [7, 11) is 0. The molecule has 0 atom stereocenters. The van der Waals surface area contributed by atoms with Crippen LogP contribution in [-0.4, -0.2) is 52.7 Å². The zero-order chi connectivity index (χ0) is 22.9. The quantitative estimate of drug-likeness (QED) is 0.515. The maximum Gasteiger partial charge on any atom is 0.417 e. The van der Waals surface area contributed by atoms with Crippen molar-refractivity contribution in [2.75, 3.05) is 24.6 Å². The van der Waals surface area contributed by atoms with Gasteiger partial charge in [0.2, 0.25) is 0 Å². The number of carbonyl (C=O) groups excluding carboxylic acids is 2. The van der Waals surface area contributed by atoms with E-state index in [2.05, 4.69) is 6.58 Å². The predicted octanol–water partition coefficient (Wildman–Crippen LogP) is 3.65. The van der Waals surface area contributed by atoms with Crippen LogP contribution in [0.4, 0.5) is 23.7 Å². The number of carbonyl (C=O) groups is 2. The SMILES string of the molecule is C=C1C(=O)N(c2ccc(C#N)c(C(F)(F)F)c2)C(=S)N1C1CCN(C(=O)OCC)CC1. The van der Waals surface area contributed by atoms with Crippen molar-refractivity contribution in [3.05, 3.63) is 41.6 Å². The second-order valence-electron chi connectivity index (χ2n) is 7.00. The number of alkyl halides is 3. The van der Waals surface area contributed by atoms with Crippen LogP contribution in [0.25, 0.3) is 0 Å². The van der Waals surface area contributed by atoms with Crippen molar-refractivity contribution < 1.29 is 27.5 Å². The molecule has 2 aliphatic rings. The average molecular weight is 452 g/mol. The highest BCUT2D eigenvalue weighted by atomic mass is 32.1. The molecular formula is C20H19F3N4O3S. The van der Waals surface area contributed by atoms with Crippen molar-refractivity contribution in [2.24, 2.45) is 0 Å². The van der Waals surface area contributed by atoms with Gasteiger partial charge in [0.05, 0.1) is 29.5 Å². The van der Waals surface area contributed by atoms with E-state index in [1.165, 1.54) is 17.0 Å². The number of hydrogen-bond acceptors (Lipinski definition) is 5. The van der Waals surface area contributed by atoms with Crippen LogP contribution >= 0.6 is 12.2 Å². The van der Waals surface area contributed by atoms with Gasteiger partial charge in [-0.15, -0.1) is 0 Å². The van der Waals surface area contributed by atoms with E-state index in [4.69, 9.17) is 22.2 Å². The number of likely N-dealkylation sites (tertiary alicyclic amines) is 1. The van der Waals surface area contributed by atoms with Gasteiger partial charge < -0.3 is 14.5 Å². The Morgan fingerprint density at radius 3 is 2.55 bits per heavy atom. The molecule has 2 saturated heterocycles. The lowest BCUT2D eigenvalue weighted by Crippen LogP contribution is -2.47. The highest BCUT2D eigenvalue weighted by Gasteiger charge is 2.43. The van der Waals surface area contributed by atoms with Crippen molar-refractivity contribution in [3.8, 4) is 6.07 Å². The second-order valence-corrected chi connectivity index (χ2v) is 7.36. The lowest BCUT2D eigenvalue weighted by Gasteiger charge is -2.36. The average Bonchev–Trinajstić information content (AvgIpc) is 2.95. The highest BCUT2D eigenvalue weighted by Crippen LogP contribution is 2.37. The Hall–Kier alpha value is -3.13. The van der Waals surface area contributed by atoms with E-state index in [0.29, 0.717) is 25.9 Å². The number of thiocarbonyl (C=S) groups is 1. The summed E-state index contributed by atoms with van der Waals surface area (Å²) in [6.45, 7) is 6.53. The van der Waals surface area contributed by atoms with Gasteiger partial charge in [0.25, 0.3) is 5.91 Å². The molecule has 0 aliphatic carbocycles. The Kier molecular flexibility index (Phi) is 6.22. The normalized spacial score (nSPS) is 17.9. The van der Waals surface area contributed by atoms with E-state index in [9.17, 15) is 22.8 Å². The Balaban J connectivity index is 1.83. The Morgan fingerprint density at radius 1 is 1.35 bits per heavy atom. The summed E-state index contributed by atoms with van der Waals surface area (Å²) in [5.74, 6) is -0.629. The maximum absolute atomic E-state index is 13.3. The molecule has 0 N–H and O–H groups in total. The van der Waals surface area contributed by atoms with Crippen LogP contribution < -0.4 is 4.90 Å². The summed E-state index contributed by atoms with van der Waals surface area (Å²) in [6, 6.07) is 4.27. The summed E-state index contributed by atoms with van der Waals surface area (Å²) in [5, 5.41) is 8.99. The van der Waals surface area contributed by atoms with Crippen molar-refractivity contribution >= 4 is 35.0 Å². The molecular weight excluding hydrogens is 433 g/mol. The molecule has 2 heterocycles. The number of ether oxygens (including phenoxy) is 1. The Bertz CT molecular complexity index is 981. The minimum atomic E-state index is -4.76. The van der Waals surface area contributed by atoms with Gasteiger partial charge in [-0.2, -0.15) is 18.4 Å². The van der Waals surface area contributed by atoms with Crippen molar-refractivity contribution in [1.29, 1.82) is 5.26 Å². The van der Waals surface area contributed by atoms with Crippen LogP contribution in [0, 0.1) is 11.3 Å². The highest BCUT2D eigenvalue weighted by molar-refractivity contribution is 7.80. The molecule has 0 saturated carbocycles. The van der Waals surface area contributed by atoms with Crippen LogP contribution in [0.5, 0.6) is 0 Å². The second kappa shape index (κ2) is 8.55. The van der Waals surface area contributed by atoms with Crippen molar-refractivity contribution in [3.63, 3.8) is 0 Å². The molecule has 7 nitrogen and oxygen atoms in total. The number of halogens is 3. The summed E-state index contributed by atoms with van der Waals surface area (Å²) < 4.78 is 45.0. The first kappa shape index (κ1) is 22.6. The molecule has 164 valence electrons. The number of benzene rings is 1. The van der Waals surface area contributed by atoms with Gasteiger partial charge in [0, 0.05) is 19.1 Å². The molecule has 1 aromatic carbocycles. The van der Waals surface area contributed by atoms with Gasteiger partial charge in [-0.05, 0) is 50.2 Å². The van der Waals surface area contributed by atoms with E-state index in [1.807, 2.05) is 0 Å². The molecule has 0 spiro atoms. The van der Waals surface area contributed by atoms with Crippen molar-refractivity contribution in [2.45, 2.75) is 32.0 Å². The van der Waals surface area contributed by atoms with Gasteiger partial charge in [-0.1, -0.05) is 6.58 Å². The molecule has 2 aliphatic heterocycles. The van der Waals surface area contributed by atoms with Crippen LogP contribution in [0.15, 0.2) is 30.5 Å². The fraction of sp³-hybridized carbons (Fsp3) is 0.400. The van der Waals surface area contributed by atoms with Gasteiger partial charge in [0.15, 0.2) is 5.11 Å². The van der Waals surface area contributed by atoms with E-state index in [1.54, 1.807) is 11.8 Å². The third kappa shape index (κ3) is 4.20. The van der Waals surface area contributed by atoms with Gasteiger partial charge in [-0.3, -0.25) is 9.69 Å². The zero-order valence-electron chi connectivity index (χ0n) is 16.6. The first-order chi connectivity index (χ1) is 14.6. The lowest BCUT2D eigenvalue weighted by molar-refractivity contribution is -0.137.